The van der Waals surface area contributed by atoms with Crippen LogP contribution in [0.25, 0.3) is 0 Å². The molecule has 2 unspecified atom stereocenters. The van der Waals surface area contributed by atoms with E-state index >= 15 is 0 Å². The molecule has 15 heavy (non-hydrogen) atoms. The molecule has 88 valence electrons. The van der Waals surface area contributed by atoms with Gasteiger partial charge >= 0.3 is 0 Å². The number of Topliss-reactive ketones (excluding diaryl/α,β-unsaturated/α-hetero) is 1. The maximum Gasteiger partial charge on any atom is 0.152 e. The maximum atomic E-state index is 11.5. The third-order valence-corrected chi connectivity index (χ3v) is 8.70. The first-order valence-electron chi connectivity index (χ1n) is 5.63. The van der Waals surface area contributed by atoms with Crippen LogP contribution < -0.4 is 5.73 Å². The quantitative estimate of drug-likeness (QED) is 0.579. The number of nitrogens with two attached hydrogens (primary N) is 1. The van der Waals surface area contributed by atoms with Gasteiger partial charge in [-0.15, -0.1) is 11.4 Å². The number of ketones is 1. The minimum atomic E-state index is -0.639. The van der Waals surface area contributed by atoms with Gasteiger partial charge < -0.3 is 5.73 Å². The third kappa shape index (κ3) is 4.42. The molecule has 0 aromatic rings. The minimum Gasteiger partial charge on any atom is -0.319 e. The van der Waals surface area contributed by atoms with Crippen molar-refractivity contribution >= 4 is 24.3 Å². The van der Waals surface area contributed by atoms with E-state index in [-0.39, 0.29) is 12.9 Å². The largest absolute Gasteiger partial charge is 0.319 e. The Kier molecular flexibility index (Phi) is 5.08. The molecule has 2 nitrogen and oxygen atoms in total. The molecule has 1 fully saturated rings. The van der Waals surface area contributed by atoms with Gasteiger partial charge in [-0.2, -0.15) is 0 Å². The van der Waals surface area contributed by atoms with Gasteiger partial charge in [0.15, 0.2) is 5.78 Å². The van der Waals surface area contributed by atoms with Crippen molar-refractivity contribution in [2.75, 3.05) is 11.9 Å². The number of carbonyl (C=O) groups is 1. The Bertz CT molecular complexity index is 227. The summed E-state index contributed by atoms with van der Waals surface area (Å²) >= 11 is 2.10. The van der Waals surface area contributed by atoms with Crippen LogP contribution in [-0.4, -0.2) is 28.9 Å². The fourth-order valence-corrected chi connectivity index (χ4v) is 6.17. The fraction of sp³-hybridized carbons (Fsp3) is 0.909. The maximum absolute atomic E-state index is 11.5. The Labute approximate surface area is 98.3 Å². The van der Waals surface area contributed by atoms with E-state index in [2.05, 4.69) is 18.3 Å². The summed E-state index contributed by atoms with van der Waals surface area (Å²) in [7, 11) is 0.256. The Morgan fingerprint density at radius 1 is 1.60 bits per heavy atom. The van der Waals surface area contributed by atoms with Crippen molar-refractivity contribution in [3.05, 3.63) is 0 Å². The third-order valence-electron chi connectivity index (χ3n) is 2.78. The van der Waals surface area contributed by atoms with Gasteiger partial charge in [0.2, 0.25) is 0 Å². The second-order valence-corrected chi connectivity index (χ2v) is 9.87. The van der Waals surface area contributed by atoms with Crippen LogP contribution in [0.2, 0.25) is 0 Å². The zero-order chi connectivity index (χ0) is 11.5. The van der Waals surface area contributed by atoms with Crippen molar-refractivity contribution in [1.82, 2.24) is 0 Å². The molecular formula is C11H22NOPS. The highest BCUT2D eigenvalue weighted by Crippen LogP contribution is 2.62. The summed E-state index contributed by atoms with van der Waals surface area (Å²) in [5, 5.41) is 0. The van der Waals surface area contributed by atoms with Crippen molar-refractivity contribution in [3.63, 3.8) is 0 Å². The number of hydrogen-bond donors (Lipinski definition) is 1. The lowest BCUT2D eigenvalue weighted by Gasteiger charge is -2.33. The number of hydrogen-bond acceptors (Lipinski definition) is 3. The molecule has 0 aromatic heterocycles. The van der Waals surface area contributed by atoms with Crippen molar-refractivity contribution in [3.8, 4) is 0 Å². The van der Waals surface area contributed by atoms with Crippen molar-refractivity contribution < 1.29 is 4.79 Å². The summed E-state index contributed by atoms with van der Waals surface area (Å²) in [6.45, 7) is 5.93. The van der Waals surface area contributed by atoms with Crippen molar-refractivity contribution in [1.29, 1.82) is 0 Å². The molecule has 1 aliphatic rings. The van der Waals surface area contributed by atoms with Gasteiger partial charge in [-0.25, -0.2) is 0 Å². The Balaban J connectivity index is 2.04. The van der Waals surface area contributed by atoms with E-state index in [9.17, 15) is 4.79 Å². The topological polar surface area (TPSA) is 43.1 Å². The fourth-order valence-electron chi connectivity index (χ4n) is 1.42. The molecule has 0 radical (unpaired) electrons. The summed E-state index contributed by atoms with van der Waals surface area (Å²) in [6.07, 6.45) is 4.48. The summed E-state index contributed by atoms with van der Waals surface area (Å²) < 4.78 is 0. The Morgan fingerprint density at radius 2 is 2.27 bits per heavy atom. The summed E-state index contributed by atoms with van der Waals surface area (Å²) in [5.74, 6) is 1.33. The Morgan fingerprint density at radius 3 is 2.67 bits per heavy atom. The predicted octanol–water partition coefficient (Wildman–Crippen LogP) is 3.00. The van der Waals surface area contributed by atoms with Gasteiger partial charge in [0.05, 0.1) is 5.54 Å². The van der Waals surface area contributed by atoms with E-state index in [4.69, 9.17) is 5.73 Å². The molecule has 0 spiro atoms. The summed E-state index contributed by atoms with van der Waals surface area (Å²) in [4.78, 5) is 11.5. The first kappa shape index (κ1) is 13.5. The molecule has 2 N–H and O–H groups in total. The van der Waals surface area contributed by atoms with Crippen molar-refractivity contribution in [2.24, 2.45) is 5.73 Å². The molecule has 0 aromatic carbocycles. The molecular weight excluding hydrogens is 225 g/mol. The molecule has 4 heteroatoms. The standard InChI is InChI=1S/C11H22NOPS/c1-9-6-7-14(9)15-8-4-5-10(13)11(2,3)12/h9H,4-8,12H2,1-3H3. The lowest BCUT2D eigenvalue weighted by molar-refractivity contribution is -0.123. The highest BCUT2D eigenvalue weighted by Gasteiger charge is 2.26. The highest BCUT2D eigenvalue weighted by molar-refractivity contribution is 8.56. The molecule has 2 atom stereocenters. The molecule has 0 saturated carbocycles. The smallest absolute Gasteiger partial charge is 0.152 e. The van der Waals surface area contributed by atoms with E-state index in [1.165, 1.54) is 12.6 Å². The van der Waals surface area contributed by atoms with E-state index in [1.54, 1.807) is 13.8 Å². The van der Waals surface area contributed by atoms with Crippen LogP contribution in [0.4, 0.5) is 0 Å². The van der Waals surface area contributed by atoms with Crippen LogP contribution in [0, 0.1) is 0 Å². The average Bonchev–Trinajstić information content (AvgIpc) is 2.13. The predicted molar refractivity (Wildman–Crippen MR) is 70.8 cm³/mol. The van der Waals surface area contributed by atoms with Gasteiger partial charge in [0, 0.05) is 6.42 Å². The summed E-state index contributed by atoms with van der Waals surface area (Å²) in [6, 6.07) is 0. The molecule has 0 amide bonds. The highest BCUT2D eigenvalue weighted by atomic mass is 32.7. The monoisotopic (exact) mass is 247 g/mol. The molecule has 1 saturated heterocycles. The van der Waals surface area contributed by atoms with Crippen LogP contribution in [0.5, 0.6) is 0 Å². The van der Waals surface area contributed by atoms with Gasteiger partial charge in [-0.1, -0.05) is 6.92 Å². The second-order valence-electron chi connectivity index (χ2n) is 4.86. The summed E-state index contributed by atoms with van der Waals surface area (Å²) in [5.41, 5.74) is 6.04. The molecule has 1 rings (SSSR count). The second kappa shape index (κ2) is 5.65. The first-order valence-corrected chi connectivity index (χ1v) is 8.81. The minimum absolute atomic E-state index is 0.192. The van der Waals surface area contributed by atoms with Crippen molar-refractivity contribution in [2.45, 2.75) is 51.2 Å². The molecule has 1 heterocycles. The van der Waals surface area contributed by atoms with Gasteiger partial charge in [-0.05, 0) is 51.4 Å². The number of rotatable bonds is 6. The Hall–Kier alpha value is 0.410. The molecule has 1 aliphatic heterocycles. The normalized spacial score (nSPS) is 26.1. The van der Waals surface area contributed by atoms with Crippen LogP contribution >= 0.6 is 18.5 Å². The van der Waals surface area contributed by atoms with Crippen LogP contribution in [0.3, 0.4) is 0 Å². The zero-order valence-electron chi connectivity index (χ0n) is 9.95. The lowest BCUT2D eigenvalue weighted by Crippen LogP contribution is -2.41. The number of carbonyl (C=O) groups excluding carboxylic acids is 1. The lowest BCUT2D eigenvalue weighted by atomic mass is 9.97. The van der Waals surface area contributed by atoms with Gasteiger partial charge in [0.25, 0.3) is 0 Å². The van der Waals surface area contributed by atoms with Gasteiger partial charge in [0.1, 0.15) is 0 Å². The zero-order valence-corrected chi connectivity index (χ0v) is 11.7. The van der Waals surface area contributed by atoms with Gasteiger partial charge in [-0.3, -0.25) is 4.79 Å². The van der Waals surface area contributed by atoms with Crippen LogP contribution in [0.15, 0.2) is 0 Å². The SMILES string of the molecule is CC1CCP1SCCCC(=O)C(C)(C)N. The van der Waals surface area contributed by atoms with Crippen LogP contribution in [-0.2, 0) is 4.79 Å². The van der Waals surface area contributed by atoms with E-state index in [0.717, 1.165) is 17.8 Å². The first-order chi connectivity index (χ1) is 6.91. The van der Waals surface area contributed by atoms with Crippen LogP contribution in [0.1, 0.15) is 40.0 Å². The molecule has 0 aliphatic carbocycles. The van der Waals surface area contributed by atoms with E-state index < -0.39 is 5.54 Å². The average molecular weight is 247 g/mol. The van der Waals surface area contributed by atoms with E-state index in [0.29, 0.717) is 6.42 Å². The van der Waals surface area contributed by atoms with E-state index in [1.807, 2.05) is 0 Å². The molecule has 0 bridgehead atoms.